The summed E-state index contributed by atoms with van der Waals surface area (Å²) in [5, 5.41) is 19.1. The van der Waals surface area contributed by atoms with Crippen molar-refractivity contribution in [1.29, 1.82) is 0 Å². The van der Waals surface area contributed by atoms with Crippen LogP contribution in [0.15, 0.2) is 11.6 Å². The minimum atomic E-state index is -1.01. The van der Waals surface area contributed by atoms with Crippen molar-refractivity contribution in [2.75, 3.05) is 0 Å². The van der Waals surface area contributed by atoms with Gasteiger partial charge < -0.3 is 14.9 Å². The van der Waals surface area contributed by atoms with Gasteiger partial charge in [-0.1, -0.05) is 47.1 Å². The number of carboxylic acid groups (broad SMARTS) is 2. The number of carbonyl (C=O) groups is 4. The molecule has 0 unspecified atom stereocenters. The number of hydrogen-bond donors (Lipinski definition) is 2. The van der Waals surface area contributed by atoms with Crippen LogP contribution in [-0.4, -0.2) is 40.0 Å². The highest BCUT2D eigenvalue weighted by Crippen LogP contribution is 2.75. The number of hydrogen-bond acceptors (Lipinski definition) is 5. The maximum atomic E-state index is 14.5. The van der Waals surface area contributed by atoms with Gasteiger partial charge >= 0.3 is 17.9 Å². The van der Waals surface area contributed by atoms with Gasteiger partial charge in [0, 0.05) is 11.3 Å². The maximum absolute atomic E-state index is 14.5. The predicted molar refractivity (Wildman–Crippen MR) is 154 cm³/mol. The zero-order valence-corrected chi connectivity index (χ0v) is 26.1. The Morgan fingerprint density at radius 3 is 2.17 bits per heavy atom. The van der Waals surface area contributed by atoms with Gasteiger partial charge in [0.2, 0.25) is 0 Å². The van der Waals surface area contributed by atoms with Crippen molar-refractivity contribution < 1.29 is 34.1 Å². The van der Waals surface area contributed by atoms with Crippen molar-refractivity contribution in [1.82, 2.24) is 0 Å². The molecule has 0 heterocycles. The fraction of sp³-hybridized carbons (Fsp3) is 0.824. The molecule has 7 nitrogen and oxygen atoms in total. The quantitative estimate of drug-likeness (QED) is 0.348. The van der Waals surface area contributed by atoms with E-state index in [1.807, 2.05) is 13.0 Å². The first-order valence-corrected chi connectivity index (χ1v) is 15.7. The lowest BCUT2D eigenvalue weighted by Crippen LogP contribution is -2.66. The predicted octanol–water partition coefficient (Wildman–Crippen LogP) is 6.83. The standard InChI is InChI=1S/C34H50O7/c1-29(2)23-10-13-34(7)27(32(23,5)12-11-24(29)41-26(38)9-8-25(36)37)22(35)18-20-21-19-31(4,28(39)40)15-14-30(21,3)16-17-33(20,34)6/h18,21,23-24,27H,8-17,19H2,1-7H3,(H,36,37)(H,39,40)/t21-,23-,24+,27-,30-,31-,32+,33-,34+/m1/s1. The van der Waals surface area contributed by atoms with Gasteiger partial charge in [-0.05, 0) is 104 Å². The van der Waals surface area contributed by atoms with Crippen LogP contribution in [0.2, 0.25) is 0 Å². The zero-order valence-electron chi connectivity index (χ0n) is 26.1. The van der Waals surface area contributed by atoms with Gasteiger partial charge in [0.05, 0.1) is 18.3 Å². The monoisotopic (exact) mass is 570 g/mol. The highest BCUT2D eigenvalue weighted by molar-refractivity contribution is 5.95. The molecule has 228 valence electrons. The molecule has 0 bridgehead atoms. The van der Waals surface area contributed by atoms with Crippen LogP contribution in [0.5, 0.6) is 0 Å². The molecule has 5 rings (SSSR count). The van der Waals surface area contributed by atoms with Crippen LogP contribution < -0.4 is 0 Å². The third-order valence-corrected chi connectivity index (χ3v) is 13.8. The van der Waals surface area contributed by atoms with Crippen LogP contribution >= 0.6 is 0 Å². The molecule has 0 aliphatic heterocycles. The highest BCUT2D eigenvalue weighted by Gasteiger charge is 2.70. The minimum absolute atomic E-state index is 0.0233. The van der Waals surface area contributed by atoms with E-state index in [9.17, 15) is 24.3 Å². The Morgan fingerprint density at radius 2 is 1.54 bits per heavy atom. The largest absolute Gasteiger partial charge is 0.481 e. The Labute approximate surface area is 244 Å². The summed E-state index contributed by atoms with van der Waals surface area (Å²) in [4.78, 5) is 50.3. The van der Waals surface area contributed by atoms with E-state index in [0.29, 0.717) is 19.3 Å². The molecule has 5 aliphatic rings. The first-order chi connectivity index (χ1) is 18.8. The van der Waals surface area contributed by atoms with E-state index in [4.69, 9.17) is 9.84 Å². The van der Waals surface area contributed by atoms with Crippen molar-refractivity contribution in [3.8, 4) is 0 Å². The SMILES string of the molecule is CC1(C)[C@@H](OC(=O)CCC(=O)O)CC[C@@]2(C)[C@@H]1CC[C@@]1(C)[C@@H]2C(=O)C=C2[C@H]3C[C@](C)(C(=O)O)CC[C@]3(C)CC[C@]21C. The number of aliphatic carboxylic acids is 2. The van der Waals surface area contributed by atoms with Crippen LogP contribution in [0.25, 0.3) is 0 Å². The number of rotatable bonds is 5. The number of allylic oxidation sites excluding steroid dienone is 2. The van der Waals surface area contributed by atoms with E-state index in [2.05, 4.69) is 41.5 Å². The lowest BCUT2D eigenvalue weighted by atomic mass is 9.33. The number of carbonyl (C=O) groups excluding carboxylic acids is 2. The van der Waals surface area contributed by atoms with Crippen LogP contribution in [-0.2, 0) is 23.9 Å². The molecule has 7 heteroatoms. The number of carboxylic acids is 2. The van der Waals surface area contributed by atoms with E-state index in [-0.39, 0.29) is 69.6 Å². The number of fused-ring (bicyclic) bond motifs is 7. The van der Waals surface area contributed by atoms with Crippen LogP contribution in [0, 0.1) is 50.2 Å². The summed E-state index contributed by atoms with van der Waals surface area (Å²) >= 11 is 0. The van der Waals surface area contributed by atoms with E-state index in [0.717, 1.165) is 38.5 Å². The van der Waals surface area contributed by atoms with E-state index in [1.54, 1.807) is 0 Å². The second kappa shape index (κ2) is 9.41. The van der Waals surface area contributed by atoms with Crippen molar-refractivity contribution in [2.45, 2.75) is 125 Å². The summed E-state index contributed by atoms with van der Waals surface area (Å²) in [5.41, 5.74) is -0.553. The molecule has 0 aromatic rings. The zero-order chi connectivity index (χ0) is 30.4. The average molecular weight is 571 g/mol. The summed E-state index contributed by atoms with van der Waals surface area (Å²) in [6.07, 6.45) is 8.80. The van der Waals surface area contributed by atoms with Crippen LogP contribution in [0.4, 0.5) is 0 Å². The lowest BCUT2D eigenvalue weighted by molar-refractivity contribution is -0.211. The second-order valence-electron chi connectivity index (χ2n) is 16.3. The molecule has 5 aliphatic carbocycles. The summed E-state index contributed by atoms with van der Waals surface area (Å²) in [7, 11) is 0. The fourth-order valence-corrected chi connectivity index (χ4v) is 11.0. The van der Waals surface area contributed by atoms with Crippen molar-refractivity contribution >= 4 is 23.7 Å². The second-order valence-corrected chi connectivity index (χ2v) is 16.3. The van der Waals surface area contributed by atoms with E-state index < -0.39 is 23.3 Å². The molecule has 0 saturated heterocycles. The Morgan fingerprint density at radius 1 is 0.878 bits per heavy atom. The van der Waals surface area contributed by atoms with Gasteiger partial charge in [-0.2, -0.15) is 0 Å². The molecular weight excluding hydrogens is 520 g/mol. The molecule has 0 aromatic carbocycles. The summed E-state index contributed by atoms with van der Waals surface area (Å²) in [5.74, 6) is -1.87. The molecule has 0 amide bonds. The van der Waals surface area contributed by atoms with Crippen molar-refractivity contribution in [3.63, 3.8) is 0 Å². The van der Waals surface area contributed by atoms with Gasteiger partial charge in [-0.15, -0.1) is 0 Å². The molecule has 0 aromatic heterocycles. The molecular formula is C34H50O7. The minimum Gasteiger partial charge on any atom is -0.481 e. The van der Waals surface area contributed by atoms with Gasteiger partial charge in [-0.3, -0.25) is 19.2 Å². The Bertz CT molecular complexity index is 1200. The number of ether oxygens (including phenoxy) is 1. The molecule has 4 saturated carbocycles. The first kappa shape index (κ1) is 30.3. The number of ketones is 1. The van der Waals surface area contributed by atoms with E-state index in [1.165, 1.54) is 5.57 Å². The third-order valence-electron chi connectivity index (χ3n) is 13.8. The van der Waals surface area contributed by atoms with Gasteiger partial charge in [0.1, 0.15) is 6.10 Å². The summed E-state index contributed by atoms with van der Waals surface area (Å²) in [6, 6.07) is 0. The fourth-order valence-electron chi connectivity index (χ4n) is 11.0. The Kier molecular flexibility index (Phi) is 6.95. The smallest absolute Gasteiger partial charge is 0.309 e. The van der Waals surface area contributed by atoms with E-state index >= 15 is 0 Å². The highest BCUT2D eigenvalue weighted by atomic mass is 16.5. The summed E-state index contributed by atoms with van der Waals surface area (Å²) in [6.45, 7) is 15.5. The van der Waals surface area contributed by atoms with Crippen molar-refractivity contribution in [2.24, 2.45) is 50.2 Å². The Hall–Kier alpha value is -2.18. The van der Waals surface area contributed by atoms with Gasteiger partial charge in [0.25, 0.3) is 0 Å². The van der Waals surface area contributed by atoms with Gasteiger partial charge in [0.15, 0.2) is 5.78 Å². The molecule has 4 fully saturated rings. The van der Waals surface area contributed by atoms with Crippen molar-refractivity contribution in [3.05, 3.63) is 11.6 Å². The molecule has 0 spiro atoms. The average Bonchev–Trinajstić information content (AvgIpc) is 2.86. The maximum Gasteiger partial charge on any atom is 0.309 e. The topological polar surface area (TPSA) is 118 Å². The Balaban J connectivity index is 1.49. The molecule has 0 radical (unpaired) electrons. The van der Waals surface area contributed by atoms with Crippen LogP contribution in [0.3, 0.4) is 0 Å². The van der Waals surface area contributed by atoms with Gasteiger partial charge in [-0.25, -0.2) is 0 Å². The summed E-state index contributed by atoms with van der Waals surface area (Å²) < 4.78 is 5.91. The van der Waals surface area contributed by atoms with Crippen LogP contribution in [0.1, 0.15) is 119 Å². The normalized spacial score (nSPS) is 46.6. The third kappa shape index (κ3) is 4.25. The molecule has 2 N–H and O–H groups in total. The molecule has 9 atom stereocenters. The number of esters is 1. The first-order valence-electron chi connectivity index (χ1n) is 15.7. The lowest BCUT2D eigenvalue weighted by Gasteiger charge is -2.70. The molecule has 41 heavy (non-hydrogen) atoms.